The van der Waals surface area contributed by atoms with Crippen LogP contribution >= 0.6 is 0 Å². The molecule has 2 aromatic heterocycles. The van der Waals surface area contributed by atoms with Crippen LogP contribution in [0.3, 0.4) is 0 Å². The van der Waals surface area contributed by atoms with E-state index < -0.39 is 0 Å². The van der Waals surface area contributed by atoms with Crippen LogP contribution in [0.2, 0.25) is 0 Å². The Morgan fingerprint density at radius 2 is 1.79 bits per heavy atom. The minimum Gasteiger partial charge on any atom is -0.464 e. The Morgan fingerprint density at radius 3 is 2.66 bits per heavy atom. The molecule has 29 heavy (non-hydrogen) atoms. The molecule has 3 aromatic carbocycles. The highest BCUT2D eigenvalue weighted by Gasteiger charge is 2.13. The zero-order valence-corrected chi connectivity index (χ0v) is 16.5. The number of carbonyl (C=O) groups is 1. The molecular formula is C25H22N2O2. The van der Waals surface area contributed by atoms with E-state index in [2.05, 4.69) is 53.2 Å². The summed E-state index contributed by atoms with van der Waals surface area (Å²) in [5, 5.41) is 6.41. The monoisotopic (exact) mass is 382 g/mol. The molecule has 0 spiro atoms. The number of anilines is 1. The lowest BCUT2D eigenvalue weighted by Gasteiger charge is -2.06. The maximum Gasteiger partial charge on any atom is 0.228 e. The first-order chi connectivity index (χ1) is 14.1. The Labute approximate surface area is 168 Å². The molecule has 5 aromatic rings. The number of hydrogen-bond acceptors (Lipinski definition) is 2. The van der Waals surface area contributed by atoms with Crippen molar-refractivity contribution < 1.29 is 9.21 Å². The van der Waals surface area contributed by atoms with Gasteiger partial charge >= 0.3 is 0 Å². The average molecular weight is 382 g/mol. The zero-order chi connectivity index (χ0) is 20.0. The number of carbonyl (C=O) groups excluding carboxylic acids is 1. The molecule has 0 aliphatic rings. The maximum absolute atomic E-state index is 12.7. The van der Waals surface area contributed by atoms with Crippen molar-refractivity contribution in [1.82, 2.24) is 4.57 Å². The van der Waals surface area contributed by atoms with E-state index >= 15 is 0 Å². The van der Waals surface area contributed by atoms with E-state index in [9.17, 15) is 4.79 Å². The molecule has 0 saturated carbocycles. The van der Waals surface area contributed by atoms with E-state index in [4.69, 9.17) is 4.42 Å². The number of hydrogen-bond donors (Lipinski definition) is 1. The van der Waals surface area contributed by atoms with Gasteiger partial charge in [-0.05, 0) is 49.7 Å². The molecule has 0 aliphatic carbocycles. The predicted octanol–water partition coefficient (Wildman–Crippen LogP) is 6.05. The first-order valence-electron chi connectivity index (χ1n) is 9.91. The molecule has 4 heteroatoms. The third-order valence-corrected chi connectivity index (χ3v) is 5.53. The third kappa shape index (κ3) is 2.97. The van der Waals surface area contributed by atoms with Gasteiger partial charge in [-0.2, -0.15) is 0 Å². The number of nitrogens with one attached hydrogen (secondary N) is 1. The number of para-hydroxylation sites is 1. The molecule has 0 aliphatic heterocycles. The van der Waals surface area contributed by atoms with Gasteiger partial charge in [-0.25, -0.2) is 0 Å². The summed E-state index contributed by atoms with van der Waals surface area (Å²) in [5.74, 6) is -0.0492. The second-order valence-electron chi connectivity index (χ2n) is 7.48. The Hall–Kier alpha value is -3.53. The van der Waals surface area contributed by atoms with Gasteiger partial charge in [0.1, 0.15) is 5.58 Å². The highest BCUT2D eigenvalue weighted by molar-refractivity contribution is 6.10. The lowest BCUT2D eigenvalue weighted by Crippen LogP contribution is -2.14. The highest BCUT2D eigenvalue weighted by atomic mass is 16.3. The largest absolute Gasteiger partial charge is 0.464 e. The van der Waals surface area contributed by atoms with Gasteiger partial charge in [0.25, 0.3) is 0 Å². The maximum atomic E-state index is 12.7. The van der Waals surface area contributed by atoms with Crippen molar-refractivity contribution in [1.29, 1.82) is 0 Å². The lowest BCUT2D eigenvalue weighted by molar-refractivity contribution is -0.115. The van der Waals surface area contributed by atoms with Gasteiger partial charge in [0.05, 0.1) is 12.7 Å². The molecular weight excluding hydrogens is 360 g/mol. The van der Waals surface area contributed by atoms with Crippen molar-refractivity contribution in [3.05, 3.63) is 78.1 Å². The topological polar surface area (TPSA) is 47.2 Å². The van der Waals surface area contributed by atoms with Crippen molar-refractivity contribution in [2.24, 2.45) is 0 Å². The van der Waals surface area contributed by atoms with Gasteiger partial charge in [0.15, 0.2) is 0 Å². The zero-order valence-electron chi connectivity index (χ0n) is 16.5. The third-order valence-electron chi connectivity index (χ3n) is 5.53. The number of nitrogens with zero attached hydrogens (tertiary/aromatic N) is 1. The highest BCUT2D eigenvalue weighted by Crippen LogP contribution is 2.31. The van der Waals surface area contributed by atoms with Crippen LogP contribution in [-0.4, -0.2) is 10.5 Å². The Balaban J connectivity index is 1.45. The summed E-state index contributed by atoms with van der Waals surface area (Å²) in [4.78, 5) is 12.7. The number of rotatable bonds is 4. The minimum atomic E-state index is -0.0492. The van der Waals surface area contributed by atoms with Crippen LogP contribution in [0.4, 0.5) is 5.69 Å². The summed E-state index contributed by atoms with van der Waals surface area (Å²) in [6.07, 6.45) is 1.96. The van der Waals surface area contributed by atoms with Crippen LogP contribution in [0.15, 0.2) is 71.3 Å². The number of aromatic nitrogens is 1. The van der Waals surface area contributed by atoms with Crippen LogP contribution in [0, 0.1) is 6.92 Å². The van der Waals surface area contributed by atoms with Crippen LogP contribution in [0.25, 0.3) is 32.8 Å². The summed E-state index contributed by atoms with van der Waals surface area (Å²) in [6.45, 7) is 5.08. The van der Waals surface area contributed by atoms with E-state index in [-0.39, 0.29) is 12.3 Å². The van der Waals surface area contributed by atoms with E-state index in [1.54, 1.807) is 6.26 Å². The summed E-state index contributed by atoms with van der Waals surface area (Å²) in [5.41, 5.74) is 6.08. The molecule has 1 N–H and O–H groups in total. The average Bonchev–Trinajstić information content (AvgIpc) is 3.26. The summed E-state index contributed by atoms with van der Waals surface area (Å²) >= 11 is 0. The molecule has 0 saturated heterocycles. The van der Waals surface area contributed by atoms with E-state index in [0.29, 0.717) is 0 Å². The lowest BCUT2D eigenvalue weighted by atomic mass is 10.1. The van der Waals surface area contributed by atoms with Gasteiger partial charge < -0.3 is 14.3 Å². The second kappa shape index (κ2) is 6.82. The number of aryl methyl sites for hydroxylation is 2. The van der Waals surface area contributed by atoms with E-state index in [1.165, 1.54) is 16.4 Å². The molecule has 4 nitrogen and oxygen atoms in total. The molecule has 0 bridgehead atoms. The van der Waals surface area contributed by atoms with Crippen molar-refractivity contribution in [3.8, 4) is 0 Å². The van der Waals surface area contributed by atoms with Gasteiger partial charge in [-0.1, -0.05) is 30.3 Å². The molecule has 0 fully saturated rings. The fourth-order valence-electron chi connectivity index (χ4n) is 4.18. The minimum absolute atomic E-state index is 0.0492. The molecule has 0 unspecified atom stereocenters. The second-order valence-corrected chi connectivity index (χ2v) is 7.48. The molecule has 5 rings (SSSR count). The van der Waals surface area contributed by atoms with Crippen LogP contribution in [-0.2, 0) is 17.8 Å². The fourth-order valence-corrected chi connectivity index (χ4v) is 4.18. The fraction of sp³-hybridized carbons (Fsp3) is 0.160. The number of amides is 1. The SMILES string of the molecule is CCn1c2ccccc2c2cc(NC(=O)Cc3coc4cc(C)ccc34)ccc21. The van der Waals surface area contributed by atoms with Gasteiger partial charge in [-0.15, -0.1) is 0 Å². The standard InChI is InChI=1S/C25H22N2O2/c1-3-27-22-7-5-4-6-20(22)21-14-18(9-11-23(21)27)26-25(28)13-17-15-29-24-12-16(2)8-10-19(17)24/h4-12,14-15H,3,13H2,1-2H3,(H,26,28). The van der Waals surface area contributed by atoms with Crippen LogP contribution < -0.4 is 5.32 Å². The van der Waals surface area contributed by atoms with Crippen LogP contribution in [0.5, 0.6) is 0 Å². The first kappa shape index (κ1) is 17.6. The molecule has 0 atom stereocenters. The van der Waals surface area contributed by atoms with E-state index in [1.807, 2.05) is 31.2 Å². The quantitative estimate of drug-likeness (QED) is 0.411. The van der Waals surface area contributed by atoms with Crippen molar-refractivity contribution >= 4 is 44.4 Å². The van der Waals surface area contributed by atoms with Crippen LogP contribution in [0.1, 0.15) is 18.1 Å². The molecule has 144 valence electrons. The Bertz CT molecular complexity index is 1370. The number of benzene rings is 3. The Kier molecular flexibility index (Phi) is 4.13. The normalized spacial score (nSPS) is 11.5. The summed E-state index contributed by atoms with van der Waals surface area (Å²) in [6, 6.07) is 20.6. The van der Waals surface area contributed by atoms with Crippen molar-refractivity contribution in [2.45, 2.75) is 26.8 Å². The molecule has 1 amide bonds. The number of fused-ring (bicyclic) bond motifs is 4. The summed E-state index contributed by atoms with van der Waals surface area (Å²) < 4.78 is 7.92. The number of furan rings is 1. The first-order valence-corrected chi connectivity index (χ1v) is 9.91. The van der Waals surface area contributed by atoms with Crippen molar-refractivity contribution in [2.75, 3.05) is 5.32 Å². The Morgan fingerprint density at radius 1 is 0.966 bits per heavy atom. The summed E-state index contributed by atoms with van der Waals surface area (Å²) in [7, 11) is 0. The van der Waals surface area contributed by atoms with Gasteiger partial charge in [0.2, 0.25) is 5.91 Å². The predicted molar refractivity (Wildman–Crippen MR) is 118 cm³/mol. The molecule has 2 heterocycles. The molecule has 0 radical (unpaired) electrons. The smallest absolute Gasteiger partial charge is 0.228 e. The van der Waals surface area contributed by atoms with Gasteiger partial charge in [0, 0.05) is 45.0 Å². The van der Waals surface area contributed by atoms with E-state index in [0.717, 1.165) is 39.7 Å². The van der Waals surface area contributed by atoms with Gasteiger partial charge in [-0.3, -0.25) is 4.79 Å². The van der Waals surface area contributed by atoms with Crippen molar-refractivity contribution in [3.63, 3.8) is 0 Å².